The summed E-state index contributed by atoms with van der Waals surface area (Å²) in [5.74, 6) is 1.26. The van der Waals surface area contributed by atoms with E-state index in [9.17, 15) is 8.42 Å². The Balaban J connectivity index is 1.51. The van der Waals surface area contributed by atoms with Gasteiger partial charge in [-0.1, -0.05) is 23.7 Å². The first-order valence-electron chi connectivity index (χ1n) is 9.49. The van der Waals surface area contributed by atoms with Gasteiger partial charge in [-0.3, -0.25) is 4.90 Å². The molecule has 0 bridgehead atoms. The number of ether oxygens (including phenoxy) is 1. The van der Waals surface area contributed by atoms with Gasteiger partial charge in [-0.25, -0.2) is 12.7 Å². The number of rotatable bonds is 8. The maximum atomic E-state index is 11.8. The highest BCUT2D eigenvalue weighted by Gasteiger charge is 2.34. The number of sulfonamides is 1. The van der Waals surface area contributed by atoms with Gasteiger partial charge in [0, 0.05) is 20.1 Å². The number of likely N-dealkylation sites (tertiary alicyclic amines) is 1. The van der Waals surface area contributed by atoms with Crippen molar-refractivity contribution < 1.29 is 13.2 Å². The Hall–Kier alpha value is -0.820. The summed E-state index contributed by atoms with van der Waals surface area (Å²) in [5.41, 5.74) is 1.12. The second kappa shape index (κ2) is 8.46. The van der Waals surface area contributed by atoms with Crippen LogP contribution in [0.1, 0.15) is 38.2 Å². The van der Waals surface area contributed by atoms with Crippen LogP contribution in [0.15, 0.2) is 18.2 Å². The van der Waals surface area contributed by atoms with Crippen LogP contribution >= 0.6 is 11.6 Å². The van der Waals surface area contributed by atoms with Crippen LogP contribution in [0.4, 0.5) is 0 Å². The zero-order valence-corrected chi connectivity index (χ0v) is 17.2. The largest absolute Gasteiger partial charge is 0.489 e. The lowest BCUT2D eigenvalue weighted by molar-refractivity contribution is 0.0575. The normalized spacial score (nSPS) is 24.0. The molecule has 1 aromatic rings. The van der Waals surface area contributed by atoms with Crippen LogP contribution in [0.3, 0.4) is 0 Å². The molecule has 2 fully saturated rings. The standard InChI is InChI=1S/C19H29ClN2O3S/c1-3-26(23,24)21(2)13-15-11-17(12-15)25-18-8-6-7-16(19(18)20)14-22-9-4-5-10-22/h6-8,15,17H,3-5,9-14H2,1-2H3. The van der Waals surface area contributed by atoms with Crippen molar-refractivity contribution in [3.63, 3.8) is 0 Å². The molecular weight excluding hydrogens is 372 g/mol. The summed E-state index contributed by atoms with van der Waals surface area (Å²) in [4.78, 5) is 2.42. The van der Waals surface area contributed by atoms with Crippen LogP contribution in [-0.2, 0) is 16.6 Å². The molecular formula is C19H29ClN2O3S. The lowest BCUT2D eigenvalue weighted by atomic mass is 9.82. The fourth-order valence-corrected chi connectivity index (χ4v) is 4.86. The Bertz CT molecular complexity index is 713. The van der Waals surface area contributed by atoms with E-state index in [4.69, 9.17) is 16.3 Å². The minimum Gasteiger partial charge on any atom is -0.489 e. The molecule has 0 unspecified atom stereocenters. The zero-order chi connectivity index (χ0) is 18.7. The molecule has 26 heavy (non-hydrogen) atoms. The lowest BCUT2D eigenvalue weighted by Crippen LogP contribution is -2.42. The lowest BCUT2D eigenvalue weighted by Gasteiger charge is -2.37. The van der Waals surface area contributed by atoms with E-state index in [0.717, 1.165) is 43.8 Å². The van der Waals surface area contributed by atoms with E-state index in [2.05, 4.69) is 11.0 Å². The Morgan fingerprint density at radius 3 is 2.62 bits per heavy atom. The summed E-state index contributed by atoms with van der Waals surface area (Å²) < 4.78 is 31.3. The smallest absolute Gasteiger partial charge is 0.213 e. The third-order valence-corrected chi connectivity index (χ3v) is 7.73. The molecule has 1 saturated heterocycles. The van der Waals surface area contributed by atoms with E-state index in [0.29, 0.717) is 17.5 Å². The minimum absolute atomic E-state index is 0.122. The molecule has 1 aliphatic carbocycles. The van der Waals surface area contributed by atoms with Crippen molar-refractivity contribution in [2.75, 3.05) is 32.4 Å². The van der Waals surface area contributed by atoms with Crippen LogP contribution in [0, 0.1) is 5.92 Å². The molecule has 0 aromatic heterocycles. The van der Waals surface area contributed by atoms with E-state index in [-0.39, 0.29) is 11.9 Å². The highest BCUT2D eigenvalue weighted by molar-refractivity contribution is 7.89. The van der Waals surface area contributed by atoms with Gasteiger partial charge >= 0.3 is 0 Å². The quantitative estimate of drug-likeness (QED) is 0.671. The fourth-order valence-electron chi connectivity index (χ4n) is 3.75. The number of benzene rings is 1. The van der Waals surface area contributed by atoms with Crippen molar-refractivity contribution in [1.29, 1.82) is 0 Å². The first-order chi connectivity index (χ1) is 12.4. The van der Waals surface area contributed by atoms with Crippen LogP contribution < -0.4 is 4.74 Å². The Kier molecular flexibility index (Phi) is 6.49. The molecule has 146 valence electrons. The minimum atomic E-state index is -3.10. The van der Waals surface area contributed by atoms with Crippen LogP contribution in [0.25, 0.3) is 0 Å². The van der Waals surface area contributed by atoms with Gasteiger partial charge in [0.15, 0.2) is 0 Å². The van der Waals surface area contributed by atoms with Crippen molar-refractivity contribution in [2.24, 2.45) is 5.92 Å². The van der Waals surface area contributed by atoms with Crippen molar-refractivity contribution in [3.8, 4) is 5.75 Å². The monoisotopic (exact) mass is 400 g/mol. The number of hydrogen-bond acceptors (Lipinski definition) is 4. The Morgan fingerprint density at radius 1 is 1.27 bits per heavy atom. The number of hydrogen-bond donors (Lipinski definition) is 0. The van der Waals surface area contributed by atoms with Crippen LogP contribution in [0.5, 0.6) is 5.75 Å². The third-order valence-electron chi connectivity index (χ3n) is 5.48. The second-order valence-corrected chi connectivity index (χ2v) is 10.2. The maximum absolute atomic E-state index is 11.8. The van der Waals surface area contributed by atoms with Crippen LogP contribution in [0.2, 0.25) is 5.02 Å². The highest BCUT2D eigenvalue weighted by Crippen LogP contribution is 2.36. The van der Waals surface area contributed by atoms with E-state index >= 15 is 0 Å². The zero-order valence-electron chi connectivity index (χ0n) is 15.7. The molecule has 1 saturated carbocycles. The molecule has 1 heterocycles. The molecule has 5 nitrogen and oxygen atoms in total. The Labute approximate surface area is 162 Å². The average Bonchev–Trinajstić information content (AvgIpc) is 3.09. The molecule has 0 N–H and O–H groups in total. The molecule has 1 aromatic carbocycles. The molecule has 7 heteroatoms. The molecule has 2 aliphatic rings. The molecule has 0 atom stereocenters. The van der Waals surface area contributed by atoms with Crippen molar-refractivity contribution in [2.45, 2.75) is 45.3 Å². The van der Waals surface area contributed by atoms with Gasteiger partial charge in [-0.2, -0.15) is 0 Å². The van der Waals surface area contributed by atoms with E-state index < -0.39 is 10.0 Å². The van der Waals surface area contributed by atoms with Gasteiger partial charge in [0.1, 0.15) is 5.75 Å². The molecule has 1 aliphatic heterocycles. The topological polar surface area (TPSA) is 49.9 Å². The van der Waals surface area contributed by atoms with E-state index in [1.54, 1.807) is 14.0 Å². The number of halogens is 1. The molecule has 3 rings (SSSR count). The first-order valence-corrected chi connectivity index (χ1v) is 11.5. The SMILES string of the molecule is CCS(=O)(=O)N(C)CC1CC(Oc2cccc(CN3CCCC3)c2Cl)C1. The van der Waals surface area contributed by atoms with Gasteiger partial charge in [-0.05, 0) is 63.2 Å². The van der Waals surface area contributed by atoms with Crippen molar-refractivity contribution >= 4 is 21.6 Å². The predicted octanol–water partition coefficient (Wildman–Crippen LogP) is 3.37. The fraction of sp³-hybridized carbons (Fsp3) is 0.684. The maximum Gasteiger partial charge on any atom is 0.213 e. The van der Waals surface area contributed by atoms with E-state index in [1.165, 1.54) is 17.1 Å². The highest BCUT2D eigenvalue weighted by atomic mass is 35.5. The van der Waals surface area contributed by atoms with Crippen LogP contribution in [-0.4, -0.2) is 56.2 Å². The average molecular weight is 401 g/mol. The molecule has 0 radical (unpaired) electrons. The van der Waals surface area contributed by atoms with Crippen molar-refractivity contribution in [1.82, 2.24) is 9.21 Å². The first kappa shape index (κ1) is 19.9. The van der Waals surface area contributed by atoms with Gasteiger partial charge in [-0.15, -0.1) is 0 Å². The van der Waals surface area contributed by atoms with Gasteiger partial charge in [0.2, 0.25) is 10.0 Å². The Morgan fingerprint density at radius 2 is 1.96 bits per heavy atom. The van der Waals surface area contributed by atoms with Gasteiger partial charge in [0.05, 0.1) is 16.9 Å². The second-order valence-electron chi connectivity index (χ2n) is 7.47. The van der Waals surface area contributed by atoms with Gasteiger partial charge in [0.25, 0.3) is 0 Å². The van der Waals surface area contributed by atoms with Gasteiger partial charge < -0.3 is 4.74 Å². The summed E-state index contributed by atoms with van der Waals surface area (Å²) in [6.45, 7) is 5.40. The van der Waals surface area contributed by atoms with Crippen molar-refractivity contribution in [3.05, 3.63) is 28.8 Å². The summed E-state index contributed by atoms with van der Waals surface area (Å²) in [7, 11) is -1.44. The summed E-state index contributed by atoms with van der Waals surface area (Å²) >= 11 is 6.57. The third kappa shape index (κ3) is 4.71. The summed E-state index contributed by atoms with van der Waals surface area (Å²) in [6.07, 6.45) is 4.39. The predicted molar refractivity (Wildman–Crippen MR) is 105 cm³/mol. The number of nitrogens with zero attached hydrogens (tertiary/aromatic N) is 2. The molecule has 0 spiro atoms. The summed E-state index contributed by atoms with van der Waals surface area (Å²) in [5, 5.41) is 0.716. The summed E-state index contributed by atoms with van der Waals surface area (Å²) in [6, 6.07) is 6.00. The molecule has 0 amide bonds. The van der Waals surface area contributed by atoms with E-state index in [1.807, 2.05) is 12.1 Å².